The smallest absolute Gasteiger partial charge is 0.139 e. The van der Waals surface area contributed by atoms with Crippen molar-refractivity contribution in [1.82, 2.24) is 14.3 Å². The molecule has 1 atom stereocenters. The zero-order chi connectivity index (χ0) is 11.8. The number of hydrogen-bond donors (Lipinski definition) is 0. The molecule has 1 aliphatic heterocycles. The van der Waals surface area contributed by atoms with Crippen LogP contribution in [0.5, 0.6) is 0 Å². The lowest BCUT2D eigenvalue weighted by atomic mass is 10.0. The fourth-order valence-corrected chi connectivity index (χ4v) is 2.78. The fourth-order valence-electron chi connectivity index (χ4n) is 2.78. The lowest BCUT2D eigenvalue weighted by Crippen LogP contribution is -2.29. The van der Waals surface area contributed by atoms with Crippen LogP contribution in [0, 0.1) is 6.92 Å². The normalized spacial score (nSPS) is 22.1. The number of aromatic nitrogens is 2. The highest BCUT2D eigenvalue weighted by atomic mass is 15.2. The molecule has 0 N–H and O–H groups in total. The van der Waals surface area contributed by atoms with E-state index in [0.717, 1.165) is 5.65 Å². The Morgan fingerprint density at radius 2 is 2.24 bits per heavy atom. The number of hydrogen-bond acceptors (Lipinski definition) is 2. The van der Waals surface area contributed by atoms with Gasteiger partial charge in [-0.25, -0.2) is 4.98 Å². The number of fused-ring (bicyclic) bond motifs is 1. The number of imidazole rings is 1. The zero-order valence-corrected chi connectivity index (χ0v) is 10.6. The number of likely N-dealkylation sites (tertiary alicyclic amines) is 1. The van der Waals surface area contributed by atoms with Crippen LogP contribution in [-0.2, 0) is 0 Å². The largest absolute Gasteiger partial charge is 0.307 e. The third-order valence-electron chi connectivity index (χ3n) is 3.81. The molecular weight excluding hydrogens is 210 g/mol. The van der Waals surface area contributed by atoms with Gasteiger partial charge in [0.05, 0.1) is 11.7 Å². The molecule has 0 aliphatic carbocycles. The minimum Gasteiger partial charge on any atom is -0.307 e. The van der Waals surface area contributed by atoms with Crippen molar-refractivity contribution in [2.24, 2.45) is 0 Å². The van der Waals surface area contributed by atoms with Crippen LogP contribution in [0.2, 0.25) is 0 Å². The lowest BCUT2D eigenvalue weighted by molar-refractivity contribution is 0.184. The SMILES string of the molecule is Cc1cccn2cc(C3CCCCN3C)nc12. The molecule has 3 nitrogen and oxygen atoms in total. The van der Waals surface area contributed by atoms with Crippen LogP contribution in [0.1, 0.15) is 36.6 Å². The Bertz CT molecular complexity index is 529. The molecule has 3 heteroatoms. The maximum Gasteiger partial charge on any atom is 0.139 e. The van der Waals surface area contributed by atoms with Gasteiger partial charge in [-0.2, -0.15) is 0 Å². The summed E-state index contributed by atoms with van der Waals surface area (Å²) in [4.78, 5) is 7.24. The summed E-state index contributed by atoms with van der Waals surface area (Å²) >= 11 is 0. The van der Waals surface area contributed by atoms with Crippen molar-refractivity contribution in [3.63, 3.8) is 0 Å². The number of nitrogens with zero attached hydrogens (tertiary/aromatic N) is 3. The Labute approximate surface area is 102 Å². The minimum absolute atomic E-state index is 0.503. The van der Waals surface area contributed by atoms with E-state index in [0.29, 0.717) is 6.04 Å². The lowest BCUT2D eigenvalue weighted by Gasteiger charge is -2.31. The quantitative estimate of drug-likeness (QED) is 0.749. The summed E-state index contributed by atoms with van der Waals surface area (Å²) in [5.74, 6) is 0. The summed E-state index contributed by atoms with van der Waals surface area (Å²) in [7, 11) is 2.21. The predicted octanol–water partition coefficient (Wildman–Crippen LogP) is 2.80. The van der Waals surface area contributed by atoms with E-state index >= 15 is 0 Å². The second kappa shape index (κ2) is 4.15. The standard InChI is InChI=1S/C14H19N3/c1-11-6-5-9-17-10-12(15-14(11)17)13-7-3-4-8-16(13)2/h5-6,9-10,13H,3-4,7-8H2,1-2H3. The molecule has 3 rings (SSSR count). The molecule has 0 aromatic carbocycles. The van der Waals surface area contributed by atoms with Crippen molar-refractivity contribution in [2.45, 2.75) is 32.2 Å². The van der Waals surface area contributed by atoms with E-state index in [2.05, 4.69) is 47.8 Å². The van der Waals surface area contributed by atoms with Crippen LogP contribution in [-0.4, -0.2) is 27.9 Å². The average Bonchev–Trinajstić information content (AvgIpc) is 2.75. The van der Waals surface area contributed by atoms with E-state index in [1.54, 1.807) is 0 Å². The molecule has 2 aromatic heterocycles. The van der Waals surface area contributed by atoms with Crippen LogP contribution in [0.4, 0.5) is 0 Å². The highest BCUT2D eigenvalue weighted by Crippen LogP contribution is 2.29. The molecule has 90 valence electrons. The summed E-state index contributed by atoms with van der Waals surface area (Å²) in [6, 6.07) is 4.71. The molecule has 1 unspecified atom stereocenters. The summed E-state index contributed by atoms with van der Waals surface area (Å²) in [5.41, 5.74) is 3.57. The van der Waals surface area contributed by atoms with Gasteiger partial charge in [0.15, 0.2) is 0 Å². The zero-order valence-electron chi connectivity index (χ0n) is 10.6. The molecule has 0 radical (unpaired) electrons. The van der Waals surface area contributed by atoms with Gasteiger partial charge in [-0.05, 0) is 45.0 Å². The summed E-state index contributed by atoms with van der Waals surface area (Å²) in [6.45, 7) is 3.31. The molecule has 0 bridgehead atoms. The number of rotatable bonds is 1. The van der Waals surface area contributed by atoms with Gasteiger partial charge in [0.1, 0.15) is 5.65 Å². The first kappa shape index (κ1) is 10.8. The fraction of sp³-hybridized carbons (Fsp3) is 0.500. The molecule has 1 aliphatic rings. The summed E-state index contributed by atoms with van der Waals surface area (Å²) in [6.07, 6.45) is 8.15. The van der Waals surface area contributed by atoms with Gasteiger partial charge >= 0.3 is 0 Å². The Morgan fingerprint density at radius 3 is 3.00 bits per heavy atom. The molecule has 2 aromatic rings. The molecule has 0 saturated carbocycles. The van der Waals surface area contributed by atoms with Gasteiger partial charge in [-0.15, -0.1) is 0 Å². The van der Waals surface area contributed by atoms with Crippen molar-refractivity contribution in [1.29, 1.82) is 0 Å². The molecule has 17 heavy (non-hydrogen) atoms. The second-order valence-electron chi connectivity index (χ2n) is 5.08. The van der Waals surface area contributed by atoms with Crippen LogP contribution in [0.15, 0.2) is 24.5 Å². The first-order chi connectivity index (χ1) is 8.25. The summed E-state index contributed by atoms with van der Waals surface area (Å²) < 4.78 is 2.15. The van der Waals surface area contributed by atoms with Gasteiger partial charge in [0.2, 0.25) is 0 Å². The van der Waals surface area contributed by atoms with E-state index in [1.807, 2.05) is 0 Å². The third kappa shape index (κ3) is 1.84. The van der Waals surface area contributed by atoms with Crippen LogP contribution in [0.25, 0.3) is 5.65 Å². The van der Waals surface area contributed by atoms with Crippen molar-refractivity contribution >= 4 is 5.65 Å². The Kier molecular flexibility index (Phi) is 2.63. The number of pyridine rings is 1. The first-order valence-corrected chi connectivity index (χ1v) is 6.40. The van der Waals surface area contributed by atoms with Crippen LogP contribution < -0.4 is 0 Å². The van der Waals surface area contributed by atoms with Crippen LogP contribution in [0.3, 0.4) is 0 Å². The molecule has 1 fully saturated rings. The van der Waals surface area contributed by atoms with E-state index in [1.165, 1.54) is 37.1 Å². The van der Waals surface area contributed by atoms with Gasteiger partial charge in [-0.1, -0.05) is 12.5 Å². The summed E-state index contributed by atoms with van der Waals surface area (Å²) in [5, 5.41) is 0. The van der Waals surface area contributed by atoms with E-state index in [4.69, 9.17) is 4.98 Å². The third-order valence-corrected chi connectivity index (χ3v) is 3.81. The van der Waals surface area contributed by atoms with E-state index in [-0.39, 0.29) is 0 Å². The monoisotopic (exact) mass is 229 g/mol. The van der Waals surface area contributed by atoms with Gasteiger partial charge in [0, 0.05) is 12.4 Å². The Balaban J connectivity index is 2.02. The average molecular weight is 229 g/mol. The topological polar surface area (TPSA) is 20.5 Å². The molecule has 3 heterocycles. The molecule has 0 spiro atoms. The van der Waals surface area contributed by atoms with Gasteiger partial charge in [-0.3, -0.25) is 4.90 Å². The van der Waals surface area contributed by atoms with Gasteiger partial charge in [0.25, 0.3) is 0 Å². The van der Waals surface area contributed by atoms with E-state index < -0.39 is 0 Å². The van der Waals surface area contributed by atoms with Crippen LogP contribution >= 0.6 is 0 Å². The molecular formula is C14H19N3. The van der Waals surface area contributed by atoms with E-state index in [9.17, 15) is 0 Å². The second-order valence-corrected chi connectivity index (χ2v) is 5.08. The molecule has 0 amide bonds. The highest BCUT2D eigenvalue weighted by molar-refractivity contribution is 5.48. The number of piperidine rings is 1. The maximum atomic E-state index is 4.81. The van der Waals surface area contributed by atoms with Crippen molar-refractivity contribution in [3.05, 3.63) is 35.8 Å². The maximum absolute atomic E-state index is 4.81. The van der Waals surface area contributed by atoms with Crippen molar-refractivity contribution in [3.8, 4) is 0 Å². The highest BCUT2D eigenvalue weighted by Gasteiger charge is 2.23. The predicted molar refractivity (Wildman–Crippen MR) is 69.2 cm³/mol. The van der Waals surface area contributed by atoms with Gasteiger partial charge < -0.3 is 4.40 Å². The van der Waals surface area contributed by atoms with Crippen molar-refractivity contribution < 1.29 is 0 Å². The Morgan fingerprint density at radius 1 is 1.35 bits per heavy atom. The number of aryl methyl sites for hydroxylation is 1. The van der Waals surface area contributed by atoms with Crippen molar-refractivity contribution in [2.75, 3.05) is 13.6 Å². The molecule has 1 saturated heterocycles. The first-order valence-electron chi connectivity index (χ1n) is 6.40. The minimum atomic E-state index is 0.503. The Hall–Kier alpha value is -1.35.